The minimum atomic E-state index is -0.556. The average Bonchev–Trinajstić information content (AvgIpc) is 3.63. The summed E-state index contributed by atoms with van der Waals surface area (Å²) in [5.74, 6) is -0.119. The van der Waals surface area contributed by atoms with Crippen molar-refractivity contribution in [1.82, 2.24) is 9.47 Å². The standard InChI is InChI=1S/C29H21BrN4O6S/c30-20-6-2-3-7-21(20)32-27(36)15-34-28(37)25(41-29(34)38)11-17-13-33(22-8-4-1-5-19(17)22)14-26(35)31-18-9-10-23-24(12-18)40-16-39-23/h1-13H,14-16H2,(H,31,35)(H,32,36)/b25-11-. The second kappa shape index (κ2) is 11.1. The number of carbonyl (C=O) groups is 4. The van der Waals surface area contributed by atoms with Gasteiger partial charge in [-0.1, -0.05) is 30.3 Å². The van der Waals surface area contributed by atoms with Gasteiger partial charge in [-0.3, -0.25) is 24.1 Å². The van der Waals surface area contributed by atoms with Gasteiger partial charge in [0.25, 0.3) is 11.1 Å². The number of ether oxygens (including phenoxy) is 2. The van der Waals surface area contributed by atoms with Crippen LogP contribution in [0.3, 0.4) is 0 Å². The number of rotatable bonds is 7. The fraction of sp³-hybridized carbons (Fsp3) is 0.103. The van der Waals surface area contributed by atoms with Gasteiger partial charge in [-0.2, -0.15) is 0 Å². The van der Waals surface area contributed by atoms with Crippen LogP contribution in [0.25, 0.3) is 17.0 Å². The van der Waals surface area contributed by atoms with Crippen LogP contribution in [0.5, 0.6) is 11.5 Å². The van der Waals surface area contributed by atoms with Crippen molar-refractivity contribution < 1.29 is 28.7 Å². The van der Waals surface area contributed by atoms with Crippen molar-refractivity contribution in [2.24, 2.45) is 0 Å². The van der Waals surface area contributed by atoms with Crippen molar-refractivity contribution in [1.29, 1.82) is 0 Å². The maximum atomic E-state index is 13.1. The predicted octanol–water partition coefficient (Wildman–Crippen LogP) is 5.45. The molecule has 3 aromatic carbocycles. The normalized spacial score (nSPS) is 15.1. The highest BCUT2D eigenvalue weighted by atomic mass is 79.9. The maximum absolute atomic E-state index is 13.1. The van der Waals surface area contributed by atoms with Gasteiger partial charge < -0.3 is 24.7 Å². The first-order valence-electron chi connectivity index (χ1n) is 12.4. The van der Waals surface area contributed by atoms with E-state index in [1.54, 1.807) is 53.2 Å². The summed E-state index contributed by atoms with van der Waals surface area (Å²) in [6, 6.07) is 19.7. The average molecular weight is 633 g/mol. The van der Waals surface area contributed by atoms with Crippen LogP contribution in [-0.2, 0) is 20.9 Å². The second-order valence-electron chi connectivity index (χ2n) is 9.14. The molecule has 0 saturated carbocycles. The summed E-state index contributed by atoms with van der Waals surface area (Å²) < 4.78 is 13.1. The van der Waals surface area contributed by atoms with E-state index in [4.69, 9.17) is 9.47 Å². The second-order valence-corrected chi connectivity index (χ2v) is 11.0. The molecule has 41 heavy (non-hydrogen) atoms. The Kier molecular flexibility index (Phi) is 7.25. The summed E-state index contributed by atoms with van der Waals surface area (Å²) in [4.78, 5) is 52.4. The van der Waals surface area contributed by atoms with Gasteiger partial charge in [0.05, 0.1) is 10.6 Å². The Bertz CT molecular complexity index is 1770. The highest BCUT2D eigenvalue weighted by Gasteiger charge is 2.36. The number of anilines is 2. The molecular formula is C29H21BrN4O6S. The molecule has 0 spiro atoms. The third-order valence-electron chi connectivity index (χ3n) is 6.40. The number of halogens is 1. The zero-order chi connectivity index (χ0) is 28.5. The lowest BCUT2D eigenvalue weighted by Crippen LogP contribution is -2.36. The lowest BCUT2D eigenvalue weighted by Gasteiger charge is -2.13. The van der Waals surface area contributed by atoms with Crippen molar-refractivity contribution >= 4 is 79.0 Å². The Labute approximate surface area is 246 Å². The minimum absolute atomic E-state index is 0.0134. The Hall–Kier alpha value is -4.55. The zero-order valence-electron chi connectivity index (χ0n) is 21.3. The molecule has 10 nitrogen and oxygen atoms in total. The molecule has 12 heteroatoms. The highest BCUT2D eigenvalue weighted by Crippen LogP contribution is 2.35. The number of hydrogen-bond acceptors (Lipinski definition) is 7. The number of nitrogens with one attached hydrogen (secondary N) is 2. The molecule has 2 aliphatic heterocycles. The van der Waals surface area contributed by atoms with E-state index in [0.717, 1.165) is 27.6 Å². The number of para-hydroxylation sites is 2. The van der Waals surface area contributed by atoms with Crippen LogP contribution in [0.1, 0.15) is 5.56 Å². The van der Waals surface area contributed by atoms with Gasteiger partial charge >= 0.3 is 0 Å². The summed E-state index contributed by atoms with van der Waals surface area (Å²) in [5, 5.41) is 5.84. The largest absolute Gasteiger partial charge is 0.454 e. The van der Waals surface area contributed by atoms with E-state index >= 15 is 0 Å². The van der Waals surface area contributed by atoms with Gasteiger partial charge in [-0.15, -0.1) is 0 Å². The number of aromatic nitrogens is 1. The monoisotopic (exact) mass is 632 g/mol. The number of amides is 4. The fourth-order valence-corrected chi connectivity index (χ4v) is 5.74. The molecule has 1 fully saturated rings. The van der Waals surface area contributed by atoms with Crippen molar-refractivity contribution in [3.8, 4) is 11.5 Å². The lowest BCUT2D eigenvalue weighted by molar-refractivity contribution is -0.127. The molecular weight excluding hydrogens is 612 g/mol. The highest BCUT2D eigenvalue weighted by molar-refractivity contribution is 9.10. The molecule has 0 radical (unpaired) electrons. The van der Waals surface area contributed by atoms with Crippen molar-refractivity contribution in [2.75, 3.05) is 24.0 Å². The van der Waals surface area contributed by atoms with Crippen LogP contribution >= 0.6 is 27.7 Å². The molecule has 4 amide bonds. The van der Waals surface area contributed by atoms with Gasteiger partial charge in [0.2, 0.25) is 18.6 Å². The quantitative estimate of drug-likeness (QED) is 0.260. The lowest BCUT2D eigenvalue weighted by atomic mass is 10.1. The summed E-state index contributed by atoms with van der Waals surface area (Å²) in [5.41, 5.74) is 2.56. The number of hydrogen-bond donors (Lipinski definition) is 2. The van der Waals surface area contributed by atoms with E-state index in [-0.39, 0.29) is 24.2 Å². The number of nitrogens with zero attached hydrogens (tertiary/aromatic N) is 2. The fourth-order valence-electron chi connectivity index (χ4n) is 4.52. The van der Waals surface area contributed by atoms with E-state index in [1.807, 2.05) is 30.3 Å². The van der Waals surface area contributed by atoms with Gasteiger partial charge in [0.1, 0.15) is 13.1 Å². The molecule has 206 valence electrons. The minimum Gasteiger partial charge on any atom is -0.454 e. The first-order chi connectivity index (χ1) is 19.9. The number of imide groups is 1. The van der Waals surface area contributed by atoms with E-state index in [1.165, 1.54) is 0 Å². The van der Waals surface area contributed by atoms with Crippen LogP contribution < -0.4 is 20.1 Å². The van der Waals surface area contributed by atoms with Crippen molar-refractivity contribution in [3.05, 3.63) is 87.9 Å². The third kappa shape index (κ3) is 5.56. The SMILES string of the molecule is O=C(Cn1cc(/C=C2\SC(=O)N(CC(=O)Nc3ccccc3Br)C2=O)c2ccccc21)Nc1ccc2c(c1)OCO2. The van der Waals surface area contributed by atoms with Crippen LogP contribution in [0, 0.1) is 0 Å². The summed E-state index contributed by atoms with van der Waals surface area (Å²) >= 11 is 4.13. The number of carbonyl (C=O) groups excluding carboxylic acids is 4. The number of benzene rings is 3. The molecule has 4 aromatic rings. The first kappa shape index (κ1) is 26.7. The van der Waals surface area contributed by atoms with Crippen LogP contribution in [0.4, 0.5) is 16.2 Å². The number of thioether (sulfide) groups is 1. The third-order valence-corrected chi connectivity index (χ3v) is 8.00. The zero-order valence-corrected chi connectivity index (χ0v) is 23.7. The van der Waals surface area contributed by atoms with Crippen molar-refractivity contribution in [3.63, 3.8) is 0 Å². The van der Waals surface area contributed by atoms with Crippen LogP contribution in [-0.4, -0.2) is 45.8 Å². The Morgan fingerprint density at radius 1 is 0.927 bits per heavy atom. The van der Waals surface area contributed by atoms with Crippen LogP contribution in [0.2, 0.25) is 0 Å². The molecule has 1 saturated heterocycles. The van der Waals surface area contributed by atoms with E-state index in [9.17, 15) is 19.2 Å². The predicted molar refractivity (Wildman–Crippen MR) is 159 cm³/mol. The molecule has 0 aliphatic carbocycles. The summed E-state index contributed by atoms with van der Waals surface area (Å²) in [7, 11) is 0. The molecule has 2 N–H and O–H groups in total. The van der Waals surface area contributed by atoms with Gasteiger partial charge in [0.15, 0.2) is 11.5 Å². The summed E-state index contributed by atoms with van der Waals surface area (Å²) in [6.07, 6.45) is 3.38. The Morgan fingerprint density at radius 2 is 1.68 bits per heavy atom. The topological polar surface area (TPSA) is 119 Å². The Morgan fingerprint density at radius 3 is 2.54 bits per heavy atom. The molecule has 1 aromatic heterocycles. The summed E-state index contributed by atoms with van der Waals surface area (Å²) in [6.45, 7) is -0.256. The smallest absolute Gasteiger partial charge is 0.294 e. The van der Waals surface area contributed by atoms with Gasteiger partial charge in [-0.05, 0) is 64.1 Å². The molecule has 3 heterocycles. The van der Waals surface area contributed by atoms with E-state index in [2.05, 4.69) is 26.6 Å². The van der Waals surface area contributed by atoms with E-state index < -0.39 is 23.6 Å². The van der Waals surface area contributed by atoms with Crippen LogP contribution in [0.15, 0.2) is 82.3 Å². The molecule has 6 rings (SSSR count). The molecule has 2 aliphatic rings. The van der Waals surface area contributed by atoms with Crippen molar-refractivity contribution in [2.45, 2.75) is 6.54 Å². The van der Waals surface area contributed by atoms with Gasteiger partial charge in [0, 0.05) is 38.9 Å². The molecule has 0 bridgehead atoms. The number of fused-ring (bicyclic) bond motifs is 2. The maximum Gasteiger partial charge on any atom is 0.294 e. The van der Waals surface area contributed by atoms with Gasteiger partial charge in [-0.25, -0.2) is 0 Å². The molecule has 0 atom stereocenters. The molecule has 0 unspecified atom stereocenters. The Balaban J connectivity index is 1.18. The van der Waals surface area contributed by atoms with E-state index in [0.29, 0.717) is 32.9 Å². The first-order valence-corrected chi connectivity index (χ1v) is 14.0.